The van der Waals surface area contributed by atoms with Gasteiger partial charge in [-0.25, -0.2) is 0 Å². The first-order valence-electron chi connectivity index (χ1n) is 4.61. The molecule has 1 amide bonds. The number of hydrogen-bond acceptors (Lipinski definition) is 5. The minimum atomic E-state index is -0.578. The van der Waals surface area contributed by atoms with Crippen molar-refractivity contribution in [1.29, 1.82) is 0 Å². The molecule has 0 spiro atoms. The lowest BCUT2D eigenvalue weighted by molar-refractivity contribution is -0.169. The first kappa shape index (κ1) is 11.5. The van der Waals surface area contributed by atoms with E-state index in [-0.39, 0.29) is 12.5 Å². The van der Waals surface area contributed by atoms with Gasteiger partial charge in [-0.1, -0.05) is 0 Å². The maximum atomic E-state index is 11.1. The Hall–Kier alpha value is -1.59. The summed E-state index contributed by atoms with van der Waals surface area (Å²) in [5.74, 6) is -1.43. The van der Waals surface area contributed by atoms with Crippen LogP contribution >= 0.6 is 0 Å². The maximum absolute atomic E-state index is 11.1. The SMILES string of the molecule is CC(=O)OCCC1C(=O)NC1OC(C)=O. The molecule has 2 atom stereocenters. The Balaban J connectivity index is 2.29. The second kappa shape index (κ2) is 4.77. The van der Waals surface area contributed by atoms with Gasteiger partial charge in [0.2, 0.25) is 5.91 Å². The summed E-state index contributed by atoms with van der Waals surface area (Å²) in [6.45, 7) is 2.73. The highest BCUT2D eigenvalue weighted by molar-refractivity contribution is 5.86. The summed E-state index contributed by atoms with van der Waals surface area (Å²) < 4.78 is 9.51. The van der Waals surface area contributed by atoms with E-state index >= 15 is 0 Å². The molecule has 1 aliphatic heterocycles. The molecule has 15 heavy (non-hydrogen) atoms. The standard InChI is InChI=1S/C9H13NO5/c1-5(11)14-4-3-7-8(13)10-9(7)15-6(2)12/h7,9H,3-4H2,1-2H3,(H,10,13). The largest absolute Gasteiger partial charge is 0.466 e. The van der Waals surface area contributed by atoms with E-state index in [0.29, 0.717) is 6.42 Å². The molecule has 6 nitrogen and oxygen atoms in total. The van der Waals surface area contributed by atoms with Crippen LogP contribution in [0.4, 0.5) is 0 Å². The highest BCUT2D eigenvalue weighted by Crippen LogP contribution is 2.20. The molecule has 0 aliphatic carbocycles. The molecule has 0 radical (unpaired) electrons. The van der Waals surface area contributed by atoms with E-state index in [2.05, 4.69) is 5.32 Å². The van der Waals surface area contributed by atoms with E-state index in [4.69, 9.17) is 9.47 Å². The Bertz CT molecular complexity index is 288. The second-order valence-corrected chi connectivity index (χ2v) is 3.27. The van der Waals surface area contributed by atoms with Crippen LogP contribution in [0.3, 0.4) is 0 Å². The zero-order chi connectivity index (χ0) is 11.4. The summed E-state index contributed by atoms with van der Waals surface area (Å²) in [6.07, 6.45) is -0.214. The average Bonchev–Trinajstić information content (AvgIpc) is 2.10. The zero-order valence-corrected chi connectivity index (χ0v) is 8.61. The van der Waals surface area contributed by atoms with Crippen molar-refractivity contribution in [2.75, 3.05) is 6.61 Å². The fourth-order valence-electron chi connectivity index (χ4n) is 1.29. The van der Waals surface area contributed by atoms with Crippen LogP contribution in [0.15, 0.2) is 0 Å². The van der Waals surface area contributed by atoms with Gasteiger partial charge < -0.3 is 14.8 Å². The quantitative estimate of drug-likeness (QED) is 0.508. The Labute approximate surface area is 86.9 Å². The summed E-state index contributed by atoms with van der Waals surface area (Å²) in [5, 5.41) is 2.44. The molecule has 1 N–H and O–H groups in total. The van der Waals surface area contributed by atoms with Crippen molar-refractivity contribution in [3.05, 3.63) is 0 Å². The predicted octanol–water partition coefficient (Wildman–Crippen LogP) is -0.425. The van der Waals surface area contributed by atoms with Crippen molar-refractivity contribution in [3.63, 3.8) is 0 Å². The third-order valence-corrected chi connectivity index (χ3v) is 2.01. The molecule has 0 bridgehead atoms. The molecule has 1 saturated heterocycles. The Morgan fingerprint density at radius 2 is 2.00 bits per heavy atom. The van der Waals surface area contributed by atoms with Crippen LogP contribution in [-0.4, -0.2) is 30.7 Å². The maximum Gasteiger partial charge on any atom is 0.304 e. The van der Waals surface area contributed by atoms with E-state index in [9.17, 15) is 14.4 Å². The minimum absolute atomic E-state index is 0.158. The molecule has 1 heterocycles. The van der Waals surface area contributed by atoms with Crippen LogP contribution in [-0.2, 0) is 23.9 Å². The lowest BCUT2D eigenvalue weighted by Crippen LogP contribution is -2.60. The van der Waals surface area contributed by atoms with Crippen molar-refractivity contribution in [2.24, 2.45) is 5.92 Å². The van der Waals surface area contributed by atoms with Crippen LogP contribution in [0.2, 0.25) is 0 Å². The van der Waals surface area contributed by atoms with Crippen molar-refractivity contribution in [3.8, 4) is 0 Å². The van der Waals surface area contributed by atoms with Crippen LogP contribution in [0.1, 0.15) is 20.3 Å². The van der Waals surface area contributed by atoms with Crippen LogP contribution in [0, 0.1) is 5.92 Å². The number of rotatable bonds is 4. The Morgan fingerprint density at radius 1 is 1.33 bits per heavy atom. The number of esters is 2. The minimum Gasteiger partial charge on any atom is -0.466 e. The number of amides is 1. The van der Waals surface area contributed by atoms with Gasteiger partial charge in [0, 0.05) is 13.8 Å². The van der Waals surface area contributed by atoms with Crippen molar-refractivity contribution >= 4 is 17.8 Å². The molecule has 1 aliphatic rings. The molecular weight excluding hydrogens is 202 g/mol. The van der Waals surface area contributed by atoms with E-state index in [0.717, 1.165) is 0 Å². The Kier molecular flexibility index (Phi) is 3.65. The number of carbonyl (C=O) groups excluding carboxylic acids is 3. The molecule has 0 aromatic heterocycles. The predicted molar refractivity (Wildman–Crippen MR) is 48.4 cm³/mol. The summed E-state index contributed by atoms with van der Waals surface area (Å²) >= 11 is 0. The Morgan fingerprint density at radius 3 is 2.47 bits per heavy atom. The highest BCUT2D eigenvalue weighted by Gasteiger charge is 2.41. The summed E-state index contributed by atoms with van der Waals surface area (Å²) in [6, 6.07) is 0. The molecule has 0 saturated carbocycles. The first-order valence-corrected chi connectivity index (χ1v) is 4.61. The second-order valence-electron chi connectivity index (χ2n) is 3.27. The van der Waals surface area contributed by atoms with E-state index in [1.807, 2.05) is 0 Å². The number of ether oxygens (including phenoxy) is 2. The molecule has 84 valence electrons. The highest BCUT2D eigenvalue weighted by atomic mass is 16.6. The number of carbonyl (C=O) groups is 3. The lowest BCUT2D eigenvalue weighted by atomic mass is 9.95. The smallest absolute Gasteiger partial charge is 0.304 e. The monoisotopic (exact) mass is 215 g/mol. The number of β-lactam (4-membered cyclic amide) rings is 1. The van der Waals surface area contributed by atoms with Gasteiger partial charge in [-0.2, -0.15) is 0 Å². The normalized spacial score (nSPS) is 23.7. The van der Waals surface area contributed by atoms with Gasteiger partial charge in [-0.15, -0.1) is 0 Å². The fourth-order valence-corrected chi connectivity index (χ4v) is 1.29. The summed E-state index contributed by atoms with van der Waals surface area (Å²) in [4.78, 5) is 32.1. The van der Waals surface area contributed by atoms with Crippen LogP contribution < -0.4 is 5.32 Å². The van der Waals surface area contributed by atoms with Crippen molar-refractivity contribution < 1.29 is 23.9 Å². The molecule has 0 aromatic rings. The van der Waals surface area contributed by atoms with Crippen molar-refractivity contribution in [1.82, 2.24) is 5.32 Å². The van der Waals surface area contributed by atoms with Gasteiger partial charge in [0.1, 0.15) is 0 Å². The van der Waals surface area contributed by atoms with Gasteiger partial charge in [-0.3, -0.25) is 14.4 Å². The lowest BCUT2D eigenvalue weighted by Gasteiger charge is -2.35. The third kappa shape index (κ3) is 3.23. The van der Waals surface area contributed by atoms with Gasteiger partial charge in [0.05, 0.1) is 12.5 Å². The van der Waals surface area contributed by atoms with Crippen molar-refractivity contribution in [2.45, 2.75) is 26.5 Å². The van der Waals surface area contributed by atoms with Crippen LogP contribution in [0.5, 0.6) is 0 Å². The zero-order valence-electron chi connectivity index (χ0n) is 8.61. The fraction of sp³-hybridized carbons (Fsp3) is 0.667. The van der Waals surface area contributed by atoms with Gasteiger partial charge in [-0.05, 0) is 6.42 Å². The molecule has 1 fully saturated rings. The van der Waals surface area contributed by atoms with E-state index < -0.39 is 24.1 Å². The van der Waals surface area contributed by atoms with E-state index in [1.54, 1.807) is 0 Å². The first-order chi connectivity index (χ1) is 7.00. The average molecular weight is 215 g/mol. The molecule has 2 unspecified atom stereocenters. The number of hydrogen-bond donors (Lipinski definition) is 1. The molecular formula is C9H13NO5. The van der Waals surface area contributed by atoms with Gasteiger partial charge in [0.25, 0.3) is 0 Å². The topological polar surface area (TPSA) is 81.7 Å². The molecule has 0 aromatic carbocycles. The molecule has 6 heteroatoms. The van der Waals surface area contributed by atoms with Gasteiger partial charge in [0.15, 0.2) is 6.23 Å². The van der Waals surface area contributed by atoms with Gasteiger partial charge >= 0.3 is 11.9 Å². The molecule has 1 rings (SSSR count). The summed E-state index contributed by atoms with van der Waals surface area (Å²) in [5.41, 5.74) is 0. The van der Waals surface area contributed by atoms with Crippen LogP contribution in [0.25, 0.3) is 0 Å². The number of nitrogens with one attached hydrogen (secondary N) is 1. The van der Waals surface area contributed by atoms with E-state index in [1.165, 1.54) is 13.8 Å². The third-order valence-electron chi connectivity index (χ3n) is 2.01. The summed E-state index contributed by atoms with van der Waals surface area (Å²) in [7, 11) is 0.